The van der Waals surface area contributed by atoms with E-state index >= 15 is 0 Å². The lowest BCUT2D eigenvalue weighted by Gasteiger charge is -2.12. The molecule has 29 heavy (non-hydrogen) atoms. The standard InChI is InChI=1S/C20H23F2NO5S/c1-13(2)29(25,26)16-7-5-15(6-8-16)19(24)23-11-10-14-4-9-17(27-3)18(12-14)28-20(21)22/h4-9,12-13,20H,10-11H2,1-3H3,(H,23,24). The summed E-state index contributed by atoms with van der Waals surface area (Å²) in [6, 6.07) is 10.4. The normalized spacial score (nSPS) is 11.6. The number of halogens is 2. The van der Waals surface area contributed by atoms with Crippen LogP contribution in [0.2, 0.25) is 0 Å². The minimum Gasteiger partial charge on any atom is -0.493 e. The highest BCUT2D eigenvalue weighted by Gasteiger charge is 2.19. The molecule has 0 bridgehead atoms. The molecule has 0 aliphatic heterocycles. The molecule has 0 spiro atoms. The number of hydrogen-bond acceptors (Lipinski definition) is 5. The van der Waals surface area contributed by atoms with E-state index in [0.717, 1.165) is 0 Å². The number of methoxy groups -OCH3 is 1. The molecular weight excluding hydrogens is 404 g/mol. The fraction of sp³-hybridized carbons (Fsp3) is 0.350. The summed E-state index contributed by atoms with van der Waals surface area (Å²) in [4.78, 5) is 12.4. The SMILES string of the molecule is COc1ccc(CCNC(=O)c2ccc(S(=O)(=O)C(C)C)cc2)cc1OC(F)F. The number of amides is 1. The summed E-state index contributed by atoms with van der Waals surface area (Å²) < 4.78 is 58.6. The van der Waals surface area contributed by atoms with Gasteiger partial charge in [-0.2, -0.15) is 8.78 Å². The first-order valence-electron chi connectivity index (χ1n) is 8.89. The summed E-state index contributed by atoms with van der Waals surface area (Å²) >= 11 is 0. The van der Waals surface area contributed by atoms with E-state index in [-0.39, 0.29) is 28.8 Å². The molecule has 0 aromatic heterocycles. The van der Waals surface area contributed by atoms with Gasteiger partial charge in [-0.15, -0.1) is 0 Å². The Morgan fingerprint density at radius 1 is 1.07 bits per heavy atom. The van der Waals surface area contributed by atoms with Crippen LogP contribution in [-0.2, 0) is 16.3 Å². The number of nitrogens with one attached hydrogen (secondary N) is 1. The second-order valence-corrected chi connectivity index (χ2v) is 8.99. The lowest BCUT2D eigenvalue weighted by atomic mass is 10.1. The van der Waals surface area contributed by atoms with Gasteiger partial charge in [0.15, 0.2) is 21.3 Å². The number of sulfone groups is 1. The molecule has 2 aromatic carbocycles. The zero-order chi connectivity index (χ0) is 21.6. The van der Waals surface area contributed by atoms with Gasteiger partial charge in [-0.1, -0.05) is 6.07 Å². The average molecular weight is 427 g/mol. The van der Waals surface area contributed by atoms with Crippen molar-refractivity contribution >= 4 is 15.7 Å². The third-order valence-corrected chi connectivity index (χ3v) is 6.38. The van der Waals surface area contributed by atoms with Crippen LogP contribution in [0.5, 0.6) is 11.5 Å². The van der Waals surface area contributed by atoms with Crippen LogP contribution in [0.4, 0.5) is 8.78 Å². The smallest absolute Gasteiger partial charge is 0.387 e. The summed E-state index contributed by atoms with van der Waals surface area (Å²) in [6.45, 7) is 0.465. The molecule has 158 valence electrons. The summed E-state index contributed by atoms with van der Waals surface area (Å²) in [5.74, 6) is -0.251. The van der Waals surface area contributed by atoms with E-state index in [9.17, 15) is 22.0 Å². The maximum atomic E-state index is 12.5. The Labute approximate surface area is 168 Å². The van der Waals surface area contributed by atoms with Crippen LogP contribution in [0.3, 0.4) is 0 Å². The Kier molecular flexibility index (Phi) is 7.55. The summed E-state index contributed by atoms with van der Waals surface area (Å²) in [5.41, 5.74) is 1.00. The van der Waals surface area contributed by atoms with E-state index in [4.69, 9.17) is 4.74 Å². The highest BCUT2D eigenvalue weighted by Crippen LogP contribution is 2.29. The van der Waals surface area contributed by atoms with E-state index in [2.05, 4.69) is 10.1 Å². The van der Waals surface area contributed by atoms with E-state index in [0.29, 0.717) is 17.5 Å². The van der Waals surface area contributed by atoms with Gasteiger partial charge in [0.1, 0.15) is 0 Å². The van der Waals surface area contributed by atoms with Gasteiger partial charge in [-0.05, 0) is 62.2 Å². The van der Waals surface area contributed by atoms with Crippen LogP contribution < -0.4 is 14.8 Å². The fourth-order valence-corrected chi connectivity index (χ4v) is 3.62. The predicted octanol–water partition coefficient (Wildman–Crippen LogP) is 3.45. The molecule has 0 aliphatic rings. The van der Waals surface area contributed by atoms with Gasteiger partial charge in [0.25, 0.3) is 5.91 Å². The van der Waals surface area contributed by atoms with E-state index in [1.807, 2.05) is 0 Å². The van der Waals surface area contributed by atoms with E-state index < -0.39 is 21.7 Å². The first-order chi connectivity index (χ1) is 13.6. The summed E-state index contributed by atoms with van der Waals surface area (Å²) in [7, 11) is -2.05. The van der Waals surface area contributed by atoms with Crippen molar-refractivity contribution in [1.82, 2.24) is 5.32 Å². The van der Waals surface area contributed by atoms with Gasteiger partial charge < -0.3 is 14.8 Å². The van der Waals surface area contributed by atoms with Crippen LogP contribution in [0.15, 0.2) is 47.4 Å². The molecule has 0 saturated heterocycles. The largest absolute Gasteiger partial charge is 0.493 e. The summed E-state index contributed by atoms with van der Waals surface area (Å²) in [5, 5.41) is 2.16. The second kappa shape index (κ2) is 9.69. The third kappa shape index (κ3) is 5.90. The number of ether oxygens (including phenoxy) is 2. The lowest BCUT2D eigenvalue weighted by Crippen LogP contribution is -2.25. The van der Waals surface area contributed by atoms with Crippen LogP contribution >= 0.6 is 0 Å². The first-order valence-corrected chi connectivity index (χ1v) is 10.4. The van der Waals surface area contributed by atoms with Gasteiger partial charge in [-0.25, -0.2) is 8.42 Å². The maximum Gasteiger partial charge on any atom is 0.387 e. The molecule has 0 aliphatic carbocycles. The fourth-order valence-electron chi connectivity index (χ4n) is 2.56. The molecule has 2 aromatic rings. The molecular formula is C20H23F2NO5S. The number of carbonyl (C=O) groups excluding carboxylic acids is 1. The third-order valence-electron chi connectivity index (χ3n) is 4.21. The van der Waals surface area contributed by atoms with Crippen molar-refractivity contribution in [2.45, 2.75) is 37.0 Å². The van der Waals surface area contributed by atoms with Gasteiger partial charge in [0, 0.05) is 12.1 Å². The van der Waals surface area contributed by atoms with E-state index in [1.54, 1.807) is 19.9 Å². The Balaban J connectivity index is 1.98. The minimum absolute atomic E-state index is 0.0757. The molecule has 2 rings (SSSR count). The average Bonchev–Trinajstić information content (AvgIpc) is 2.67. The van der Waals surface area contributed by atoms with Crippen molar-refractivity contribution in [2.24, 2.45) is 0 Å². The zero-order valence-electron chi connectivity index (χ0n) is 16.3. The molecule has 0 heterocycles. The van der Waals surface area contributed by atoms with Crippen LogP contribution in [-0.4, -0.2) is 39.8 Å². The molecule has 1 N–H and O–H groups in total. The predicted molar refractivity (Wildman–Crippen MR) is 104 cm³/mol. The van der Waals surface area contributed by atoms with Gasteiger partial charge in [0.05, 0.1) is 17.3 Å². The monoisotopic (exact) mass is 427 g/mol. The number of carbonyl (C=O) groups is 1. The Morgan fingerprint density at radius 3 is 2.28 bits per heavy atom. The van der Waals surface area contributed by atoms with Crippen molar-refractivity contribution in [3.8, 4) is 11.5 Å². The molecule has 0 saturated carbocycles. The highest BCUT2D eigenvalue weighted by molar-refractivity contribution is 7.92. The molecule has 0 unspecified atom stereocenters. The Morgan fingerprint density at radius 2 is 1.72 bits per heavy atom. The van der Waals surface area contributed by atoms with Crippen LogP contribution in [0, 0.1) is 0 Å². The number of hydrogen-bond donors (Lipinski definition) is 1. The van der Waals surface area contributed by atoms with Crippen molar-refractivity contribution in [3.05, 3.63) is 53.6 Å². The van der Waals surface area contributed by atoms with Crippen LogP contribution in [0.1, 0.15) is 29.8 Å². The Hall–Kier alpha value is -2.68. The zero-order valence-corrected chi connectivity index (χ0v) is 17.1. The molecule has 9 heteroatoms. The van der Waals surface area contributed by atoms with Gasteiger partial charge >= 0.3 is 6.61 Å². The molecule has 6 nitrogen and oxygen atoms in total. The van der Waals surface area contributed by atoms with Crippen molar-refractivity contribution < 1.29 is 31.5 Å². The lowest BCUT2D eigenvalue weighted by molar-refractivity contribution is -0.0512. The quantitative estimate of drug-likeness (QED) is 0.663. The molecule has 0 radical (unpaired) electrons. The minimum atomic E-state index is -3.40. The van der Waals surface area contributed by atoms with Crippen LogP contribution in [0.25, 0.3) is 0 Å². The van der Waals surface area contributed by atoms with Gasteiger partial charge in [0.2, 0.25) is 0 Å². The van der Waals surface area contributed by atoms with Crippen molar-refractivity contribution in [3.63, 3.8) is 0 Å². The topological polar surface area (TPSA) is 81.7 Å². The number of benzene rings is 2. The highest BCUT2D eigenvalue weighted by atomic mass is 32.2. The molecule has 0 atom stereocenters. The van der Waals surface area contributed by atoms with E-state index in [1.165, 1.54) is 43.5 Å². The van der Waals surface area contributed by atoms with Gasteiger partial charge in [-0.3, -0.25) is 4.79 Å². The Bertz CT molecular complexity index is 944. The molecule has 1 amide bonds. The maximum absolute atomic E-state index is 12.5. The summed E-state index contributed by atoms with van der Waals surface area (Å²) in [6.07, 6.45) is 0.384. The number of alkyl halides is 2. The molecule has 0 fully saturated rings. The second-order valence-electron chi connectivity index (χ2n) is 6.49. The number of rotatable bonds is 9. The van der Waals surface area contributed by atoms with Crippen molar-refractivity contribution in [2.75, 3.05) is 13.7 Å². The first kappa shape index (κ1) is 22.6. The van der Waals surface area contributed by atoms with Crippen molar-refractivity contribution in [1.29, 1.82) is 0 Å².